The molecule has 0 aliphatic rings. The molecule has 4 heteroatoms. The van der Waals surface area contributed by atoms with Crippen molar-refractivity contribution >= 4 is 11.6 Å². The van der Waals surface area contributed by atoms with Crippen LogP contribution in [0.4, 0.5) is 5.69 Å². The molecule has 2 aromatic carbocycles. The van der Waals surface area contributed by atoms with E-state index in [0.29, 0.717) is 11.7 Å². The average Bonchev–Trinajstić information content (AvgIpc) is 2.69. The molecule has 1 amide bonds. The van der Waals surface area contributed by atoms with Crippen LogP contribution in [0.15, 0.2) is 73.1 Å². The smallest absolute Gasteiger partial charge is 0.262 e. The van der Waals surface area contributed by atoms with E-state index in [1.54, 1.807) is 12.4 Å². The molecule has 0 aliphatic carbocycles. The van der Waals surface area contributed by atoms with Gasteiger partial charge in [-0.25, -0.2) is 0 Å². The fourth-order valence-electron chi connectivity index (χ4n) is 2.74. The van der Waals surface area contributed by atoms with Gasteiger partial charge in [0.25, 0.3) is 5.91 Å². The highest BCUT2D eigenvalue weighted by Gasteiger charge is 2.05. The van der Waals surface area contributed by atoms with Crippen molar-refractivity contribution in [1.82, 2.24) is 4.98 Å². The summed E-state index contributed by atoms with van der Waals surface area (Å²) < 4.78 is 5.56. The maximum Gasteiger partial charge on any atom is 0.262 e. The van der Waals surface area contributed by atoms with E-state index in [1.165, 1.54) is 16.7 Å². The third kappa shape index (κ3) is 5.68. The van der Waals surface area contributed by atoms with Gasteiger partial charge in [-0.3, -0.25) is 9.78 Å². The third-order valence-electron chi connectivity index (χ3n) is 4.31. The normalized spacial score (nSPS) is 10.6. The van der Waals surface area contributed by atoms with Gasteiger partial charge in [-0.1, -0.05) is 38.1 Å². The van der Waals surface area contributed by atoms with Gasteiger partial charge in [0.15, 0.2) is 6.61 Å². The van der Waals surface area contributed by atoms with Crippen molar-refractivity contribution in [3.05, 3.63) is 89.7 Å². The molecule has 4 nitrogen and oxygen atoms in total. The first-order valence-corrected chi connectivity index (χ1v) is 9.10. The molecular weight excluding hydrogens is 336 g/mol. The fraction of sp³-hybridized carbons (Fsp3) is 0.217. The summed E-state index contributed by atoms with van der Waals surface area (Å²) >= 11 is 0. The topological polar surface area (TPSA) is 51.2 Å². The number of carbonyl (C=O) groups excluding carboxylic acids is 1. The summed E-state index contributed by atoms with van der Waals surface area (Å²) in [4.78, 5) is 16.1. The number of aromatic nitrogens is 1. The lowest BCUT2D eigenvalue weighted by atomic mass is 10.0. The number of amides is 1. The second kappa shape index (κ2) is 8.99. The zero-order chi connectivity index (χ0) is 19.1. The molecule has 1 heterocycles. The number of hydrogen-bond donors (Lipinski definition) is 1. The summed E-state index contributed by atoms with van der Waals surface area (Å²) in [7, 11) is 0. The number of nitrogens with one attached hydrogen (secondary N) is 1. The monoisotopic (exact) mass is 360 g/mol. The van der Waals surface area contributed by atoms with Gasteiger partial charge in [0.2, 0.25) is 0 Å². The van der Waals surface area contributed by atoms with E-state index in [0.717, 1.165) is 12.1 Å². The number of rotatable bonds is 7. The highest BCUT2D eigenvalue weighted by molar-refractivity contribution is 5.91. The number of benzene rings is 2. The van der Waals surface area contributed by atoms with E-state index in [1.807, 2.05) is 60.7 Å². The van der Waals surface area contributed by atoms with Crippen LogP contribution < -0.4 is 10.1 Å². The Bertz CT molecular complexity index is 857. The van der Waals surface area contributed by atoms with E-state index in [-0.39, 0.29) is 12.5 Å². The van der Waals surface area contributed by atoms with Gasteiger partial charge in [0.1, 0.15) is 5.75 Å². The van der Waals surface area contributed by atoms with Crippen molar-refractivity contribution in [3.8, 4) is 5.75 Å². The minimum Gasteiger partial charge on any atom is -0.484 e. The van der Waals surface area contributed by atoms with Crippen molar-refractivity contribution in [2.45, 2.75) is 26.2 Å². The molecular formula is C23H24N2O2. The molecule has 0 saturated carbocycles. The minimum absolute atomic E-state index is 0.0141. The molecule has 1 aromatic heterocycles. The van der Waals surface area contributed by atoms with E-state index in [9.17, 15) is 4.79 Å². The van der Waals surface area contributed by atoms with E-state index < -0.39 is 0 Å². The van der Waals surface area contributed by atoms with Crippen LogP contribution in [0.2, 0.25) is 0 Å². The largest absolute Gasteiger partial charge is 0.484 e. The molecule has 138 valence electrons. The number of anilines is 1. The van der Waals surface area contributed by atoms with Gasteiger partial charge in [-0.05, 0) is 65.4 Å². The Morgan fingerprint density at radius 1 is 0.926 bits per heavy atom. The van der Waals surface area contributed by atoms with Crippen LogP contribution in [0.3, 0.4) is 0 Å². The van der Waals surface area contributed by atoms with Crippen LogP contribution in [0, 0.1) is 0 Å². The highest BCUT2D eigenvalue weighted by Crippen LogP contribution is 2.18. The van der Waals surface area contributed by atoms with Crippen LogP contribution in [-0.4, -0.2) is 17.5 Å². The predicted octanol–water partition coefficient (Wildman–Crippen LogP) is 4.81. The molecule has 0 fully saturated rings. The van der Waals surface area contributed by atoms with Gasteiger partial charge in [-0.2, -0.15) is 0 Å². The van der Waals surface area contributed by atoms with Gasteiger partial charge in [0, 0.05) is 18.1 Å². The predicted molar refractivity (Wildman–Crippen MR) is 108 cm³/mol. The summed E-state index contributed by atoms with van der Waals surface area (Å²) in [6.07, 6.45) is 4.42. The average molecular weight is 360 g/mol. The highest BCUT2D eigenvalue weighted by atomic mass is 16.5. The fourth-order valence-corrected chi connectivity index (χ4v) is 2.74. The van der Waals surface area contributed by atoms with Gasteiger partial charge in [0.05, 0.1) is 0 Å². The lowest BCUT2D eigenvalue weighted by Gasteiger charge is -2.10. The summed E-state index contributed by atoms with van der Waals surface area (Å²) in [5, 5.41) is 2.86. The molecule has 0 saturated heterocycles. The van der Waals surface area contributed by atoms with Crippen LogP contribution in [0.1, 0.15) is 36.5 Å². The number of nitrogens with zero attached hydrogens (tertiary/aromatic N) is 1. The van der Waals surface area contributed by atoms with Crippen LogP contribution in [0.5, 0.6) is 5.75 Å². The Morgan fingerprint density at radius 2 is 1.56 bits per heavy atom. The standard InChI is InChI=1S/C23H24N2O2/c1-17(2)20-5-9-22(10-6-20)27-16-23(26)25-21-7-3-18(4-8-21)15-19-11-13-24-14-12-19/h3-14,17H,15-16H2,1-2H3,(H,25,26). The summed E-state index contributed by atoms with van der Waals surface area (Å²) in [6, 6.07) is 19.7. The Labute approximate surface area is 160 Å². The number of carbonyl (C=O) groups is 1. The molecule has 0 unspecified atom stereocenters. The quantitative estimate of drug-likeness (QED) is 0.657. The second-order valence-electron chi connectivity index (χ2n) is 6.79. The zero-order valence-electron chi connectivity index (χ0n) is 15.7. The number of pyridine rings is 1. The molecule has 3 aromatic rings. The second-order valence-corrected chi connectivity index (χ2v) is 6.79. The maximum absolute atomic E-state index is 12.1. The lowest BCUT2D eigenvalue weighted by molar-refractivity contribution is -0.118. The van der Waals surface area contributed by atoms with Gasteiger partial charge in [-0.15, -0.1) is 0 Å². The Balaban J connectivity index is 1.49. The summed E-state index contributed by atoms with van der Waals surface area (Å²) in [5.41, 5.74) is 4.40. The molecule has 0 spiro atoms. The Hall–Kier alpha value is -3.14. The number of ether oxygens (including phenoxy) is 1. The molecule has 0 aliphatic heterocycles. The van der Waals surface area contributed by atoms with E-state index >= 15 is 0 Å². The molecule has 0 atom stereocenters. The molecule has 27 heavy (non-hydrogen) atoms. The lowest BCUT2D eigenvalue weighted by Crippen LogP contribution is -2.20. The molecule has 0 radical (unpaired) electrons. The first-order chi connectivity index (χ1) is 13.1. The Morgan fingerprint density at radius 3 is 2.19 bits per heavy atom. The van der Waals surface area contributed by atoms with Crippen molar-refractivity contribution in [1.29, 1.82) is 0 Å². The number of hydrogen-bond acceptors (Lipinski definition) is 3. The van der Waals surface area contributed by atoms with Crippen LogP contribution >= 0.6 is 0 Å². The van der Waals surface area contributed by atoms with Crippen LogP contribution in [0.25, 0.3) is 0 Å². The van der Waals surface area contributed by atoms with Crippen molar-refractivity contribution < 1.29 is 9.53 Å². The molecule has 3 rings (SSSR count). The zero-order valence-corrected chi connectivity index (χ0v) is 15.7. The minimum atomic E-state index is -0.176. The van der Waals surface area contributed by atoms with E-state index in [2.05, 4.69) is 24.1 Å². The summed E-state index contributed by atoms with van der Waals surface area (Å²) in [5.74, 6) is 0.996. The Kier molecular flexibility index (Phi) is 6.21. The maximum atomic E-state index is 12.1. The molecule has 1 N–H and O–H groups in total. The third-order valence-corrected chi connectivity index (χ3v) is 4.31. The van der Waals surface area contributed by atoms with Crippen molar-refractivity contribution in [3.63, 3.8) is 0 Å². The van der Waals surface area contributed by atoms with Crippen LogP contribution in [-0.2, 0) is 11.2 Å². The van der Waals surface area contributed by atoms with Gasteiger partial charge >= 0.3 is 0 Å². The van der Waals surface area contributed by atoms with Crippen molar-refractivity contribution in [2.24, 2.45) is 0 Å². The van der Waals surface area contributed by atoms with Gasteiger partial charge < -0.3 is 10.1 Å². The van der Waals surface area contributed by atoms with Crippen molar-refractivity contribution in [2.75, 3.05) is 11.9 Å². The molecule has 0 bridgehead atoms. The first-order valence-electron chi connectivity index (χ1n) is 9.10. The SMILES string of the molecule is CC(C)c1ccc(OCC(=O)Nc2ccc(Cc3ccncc3)cc2)cc1. The van der Waals surface area contributed by atoms with E-state index in [4.69, 9.17) is 4.74 Å². The first kappa shape index (κ1) is 18.6. The summed E-state index contributed by atoms with van der Waals surface area (Å²) in [6.45, 7) is 4.27.